The van der Waals surface area contributed by atoms with E-state index in [-0.39, 0.29) is 17.4 Å². The number of hydrogen-bond donors (Lipinski definition) is 2. The van der Waals surface area contributed by atoms with Crippen molar-refractivity contribution >= 4 is 11.6 Å². The van der Waals surface area contributed by atoms with Crippen LogP contribution in [-0.4, -0.2) is 25.2 Å². The summed E-state index contributed by atoms with van der Waals surface area (Å²) in [5.41, 5.74) is 11.5. The molecule has 5 heteroatoms. The lowest BCUT2D eigenvalue weighted by Gasteiger charge is -2.27. The minimum atomic E-state index is -0.553. The zero-order valence-electron chi connectivity index (χ0n) is 8.10. The minimum Gasteiger partial charge on any atom is -0.483 e. The molecule has 5 nitrogen and oxygen atoms in total. The van der Waals surface area contributed by atoms with Gasteiger partial charge in [0.05, 0.1) is 24.5 Å². The van der Waals surface area contributed by atoms with E-state index in [1.165, 1.54) is 0 Å². The monoisotopic (exact) mass is 208 g/mol. The molecule has 1 aromatic carbocycles. The van der Waals surface area contributed by atoms with Crippen LogP contribution in [0, 0.1) is 0 Å². The summed E-state index contributed by atoms with van der Waals surface area (Å²) in [4.78, 5) is 11.0. The predicted molar refractivity (Wildman–Crippen MR) is 54.6 cm³/mol. The van der Waals surface area contributed by atoms with Crippen LogP contribution in [0.2, 0.25) is 0 Å². The van der Waals surface area contributed by atoms with Crippen molar-refractivity contribution in [1.29, 1.82) is 0 Å². The summed E-state index contributed by atoms with van der Waals surface area (Å²) in [6, 6.07) is 4.97. The molecule has 0 saturated carbocycles. The maximum Gasteiger partial charge on any atom is 0.250 e. The van der Waals surface area contributed by atoms with Crippen molar-refractivity contribution in [1.82, 2.24) is 0 Å². The molecule has 0 radical (unpaired) electrons. The van der Waals surface area contributed by atoms with Gasteiger partial charge in [-0.15, -0.1) is 0 Å². The lowest BCUT2D eigenvalue weighted by atomic mass is 10.1. The smallest absolute Gasteiger partial charge is 0.250 e. The Balaban J connectivity index is 2.22. The van der Waals surface area contributed by atoms with Gasteiger partial charge in [0.2, 0.25) is 0 Å². The Morgan fingerprint density at radius 1 is 1.47 bits per heavy atom. The Labute approximate surface area is 87.0 Å². The third-order valence-electron chi connectivity index (χ3n) is 2.23. The van der Waals surface area contributed by atoms with Crippen LogP contribution in [0.5, 0.6) is 5.75 Å². The summed E-state index contributed by atoms with van der Waals surface area (Å²) in [6.07, 6.45) is 0.0235. The fraction of sp³-hybridized carbons (Fsp3) is 0.300. The van der Waals surface area contributed by atoms with Gasteiger partial charge in [0.1, 0.15) is 11.9 Å². The average molecular weight is 208 g/mol. The van der Waals surface area contributed by atoms with E-state index in [4.69, 9.17) is 20.9 Å². The number of rotatable bonds is 3. The van der Waals surface area contributed by atoms with Gasteiger partial charge >= 0.3 is 0 Å². The molecule has 1 amide bonds. The van der Waals surface area contributed by atoms with Crippen LogP contribution < -0.4 is 16.2 Å². The predicted octanol–water partition coefficient (Wildman–Crippen LogP) is 0.145. The maximum absolute atomic E-state index is 11.0. The largest absolute Gasteiger partial charge is 0.483 e. The van der Waals surface area contributed by atoms with E-state index < -0.39 is 5.91 Å². The van der Waals surface area contributed by atoms with Crippen LogP contribution >= 0.6 is 0 Å². The molecular formula is C10H12N2O3. The first kappa shape index (κ1) is 9.79. The second-order valence-electron chi connectivity index (χ2n) is 3.36. The summed E-state index contributed by atoms with van der Waals surface area (Å²) >= 11 is 0. The normalized spacial score (nSPS) is 15.7. The van der Waals surface area contributed by atoms with E-state index >= 15 is 0 Å². The standard InChI is InChI=1S/C10H12N2O3/c11-9-7(10(12)13)2-1-3-8(9)15-6-4-14-5-6/h1-3,6H,4-5,11H2,(H2,12,13). The van der Waals surface area contributed by atoms with Crippen molar-refractivity contribution in [2.45, 2.75) is 6.10 Å². The van der Waals surface area contributed by atoms with Crippen LogP contribution in [0.3, 0.4) is 0 Å². The molecule has 0 aromatic heterocycles. The molecule has 15 heavy (non-hydrogen) atoms. The number of nitrogen functional groups attached to an aromatic ring is 1. The highest BCUT2D eigenvalue weighted by Crippen LogP contribution is 2.26. The van der Waals surface area contributed by atoms with Crippen molar-refractivity contribution < 1.29 is 14.3 Å². The van der Waals surface area contributed by atoms with Crippen LogP contribution in [-0.2, 0) is 4.74 Å². The first-order valence-electron chi connectivity index (χ1n) is 4.61. The zero-order valence-corrected chi connectivity index (χ0v) is 8.10. The summed E-state index contributed by atoms with van der Waals surface area (Å²) < 4.78 is 10.5. The number of anilines is 1. The highest BCUT2D eigenvalue weighted by atomic mass is 16.6. The van der Waals surface area contributed by atoms with Crippen molar-refractivity contribution in [3.05, 3.63) is 23.8 Å². The van der Waals surface area contributed by atoms with Crippen molar-refractivity contribution in [2.24, 2.45) is 5.73 Å². The van der Waals surface area contributed by atoms with E-state index in [2.05, 4.69) is 0 Å². The van der Waals surface area contributed by atoms with Gasteiger partial charge in [-0.3, -0.25) is 4.79 Å². The molecule has 0 aliphatic carbocycles. The Hall–Kier alpha value is -1.75. The molecule has 1 aromatic rings. The molecular weight excluding hydrogens is 196 g/mol. The molecule has 1 aliphatic heterocycles. The summed E-state index contributed by atoms with van der Waals surface area (Å²) in [7, 11) is 0. The van der Waals surface area contributed by atoms with Crippen molar-refractivity contribution in [3.8, 4) is 5.75 Å². The summed E-state index contributed by atoms with van der Waals surface area (Å²) in [5, 5.41) is 0. The second-order valence-corrected chi connectivity index (χ2v) is 3.36. The van der Waals surface area contributed by atoms with E-state index in [9.17, 15) is 4.79 Å². The topological polar surface area (TPSA) is 87.6 Å². The number of para-hydroxylation sites is 1. The zero-order chi connectivity index (χ0) is 10.8. The summed E-state index contributed by atoms with van der Waals surface area (Å²) in [6.45, 7) is 1.11. The highest BCUT2D eigenvalue weighted by molar-refractivity contribution is 5.99. The van der Waals surface area contributed by atoms with Crippen LogP contribution in [0.4, 0.5) is 5.69 Å². The Kier molecular flexibility index (Phi) is 2.47. The fourth-order valence-corrected chi connectivity index (χ4v) is 1.32. The minimum absolute atomic E-state index is 0.0235. The molecule has 1 aliphatic rings. The van der Waals surface area contributed by atoms with Crippen LogP contribution in [0.25, 0.3) is 0 Å². The van der Waals surface area contributed by atoms with Gasteiger partial charge in [-0.2, -0.15) is 0 Å². The molecule has 0 atom stereocenters. The number of primary amides is 1. The van der Waals surface area contributed by atoms with Gasteiger partial charge in [-0.1, -0.05) is 6.07 Å². The number of ether oxygens (including phenoxy) is 2. The first-order valence-corrected chi connectivity index (χ1v) is 4.61. The van der Waals surface area contributed by atoms with Crippen molar-refractivity contribution in [3.63, 3.8) is 0 Å². The van der Waals surface area contributed by atoms with Gasteiger partial charge in [-0.25, -0.2) is 0 Å². The number of carbonyl (C=O) groups is 1. The number of nitrogens with two attached hydrogens (primary N) is 2. The number of amides is 1. The third-order valence-corrected chi connectivity index (χ3v) is 2.23. The first-order chi connectivity index (χ1) is 7.18. The SMILES string of the molecule is NC(=O)c1cccc(OC2COC2)c1N. The highest BCUT2D eigenvalue weighted by Gasteiger charge is 2.21. The van der Waals surface area contributed by atoms with Gasteiger partial charge < -0.3 is 20.9 Å². The van der Waals surface area contributed by atoms with Crippen LogP contribution in [0.15, 0.2) is 18.2 Å². The maximum atomic E-state index is 11.0. The fourth-order valence-electron chi connectivity index (χ4n) is 1.32. The number of carbonyl (C=O) groups excluding carboxylic acids is 1. The van der Waals surface area contributed by atoms with E-state index in [0.29, 0.717) is 19.0 Å². The molecule has 1 heterocycles. The molecule has 1 saturated heterocycles. The molecule has 1 fully saturated rings. The second kappa shape index (κ2) is 3.78. The number of benzene rings is 1. The number of hydrogen-bond acceptors (Lipinski definition) is 4. The average Bonchev–Trinajstić information content (AvgIpc) is 2.13. The quantitative estimate of drug-likeness (QED) is 0.692. The Morgan fingerprint density at radius 2 is 2.20 bits per heavy atom. The Morgan fingerprint density at radius 3 is 2.73 bits per heavy atom. The van der Waals surface area contributed by atoms with E-state index in [0.717, 1.165) is 0 Å². The summed E-state index contributed by atoms with van der Waals surface area (Å²) in [5.74, 6) is -0.0672. The van der Waals surface area contributed by atoms with Gasteiger partial charge in [-0.05, 0) is 12.1 Å². The lowest BCUT2D eigenvalue weighted by molar-refractivity contribution is -0.0793. The third kappa shape index (κ3) is 1.87. The Bertz CT molecular complexity index is 388. The molecule has 2 rings (SSSR count). The van der Waals surface area contributed by atoms with Gasteiger partial charge in [0.25, 0.3) is 5.91 Å². The molecule has 80 valence electrons. The lowest BCUT2D eigenvalue weighted by Crippen LogP contribution is -2.38. The molecule has 4 N–H and O–H groups in total. The van der Waals surface area contributed by atoms with Gasteiger partial charge in [0.15, 0.2) is 0 Å². The van der Waals surface area contributed by atoms with E-state index in [1.807, 2.05) is 0 Å². The van der Waals surface area contributed by atoms with Gasteiger partial charge in [0, 0.05) is 0 Å². The molecule has 0 bridgehead atoms. The van der Waals surface area contributed by atoms with E-state index in [1.54, 1.807) is 18.2 Å². The molecule has 0 unspecified atom stereocenters. The van der Waals surface area contributed by atoms with Crippen LogP contribution in [0.1, 0.15) is 10.4 Å². The van der Waals surface area contributed by atoms with Crippen molar-refractivity contribution in [2.75, 3.05) is 18.9 Å². The molecule has 0 spiro atoms.